The summed E-state index contributed by atoms with van der Waals surface area (Å²) >= 11 is 17.7. The lowest BCUT2D eigenvalue weighted by atomic mass is 10.1. The largest absolute Gasteiger partial charge is 0.530 e. The molecule has 0 unspecified atom stereocenters. The number of phenols is 1. The minimum Gasteiger partial charge on any atom is -0.507 e. The summed E-state index contributed by atoms with van der Waals surface area (Å²) in [4.78, 5) is 2.83. The van der Waals surface area contributed by atoms with Gasteiger partial charge in [0.15, 0.2) is 0 Å². The van der Waals surface area contributed by atoms with Gasteiger partial charge in [0, 0.05) is 19.6 Å². The van der Waals surface area contributed by atoms with E-state index < -0.39 is 8.60 Å². The van der Waals surface area contributed by atoms with Crippen LogP contribution in [0.4, 0.5) is 0 Å². The lowest BCUT2D eigenvalue weighted by molar-refractivity contribution is 0.381. The molecule has 29 heavy (non-hydrogen) atoms. The van der Waals surface area contributed by atoms with Crippen LogP contribution in [0.3, 0.4) is 0 Å². The molecule has 1 aliphatic rings. The van der Waals surface area contributed by atoms with Crippen LogP contribution in [0.25, 0.3) is 21.5 Å². The Balaban J connectivity index is 1.59. The van der Waals surface area contributed by atoms with Crippen LogP contribution in [0, 0.1) is 0 Å². The van der Waals surface area contributed by atoms with Crippen molar-refractivity contribution in [2.24, 2.45) is 0 Å². The third-order valence-corrected chi connectivity index (χ3v) is 6.50. The van der Waals surface area contributed by atoms with Gasteiger partial charge in [0.05, 0.1) is 10.8 Å². The molecule has 9 heteroatoms. The van der Waals surface area contributed by atoms with Gasteiger partial charge in [-0.1, -0.05) is 0 Å². The van der Waals surface area contributed by atoms with E-state index in [4.69, 9.17) is 13.6 Å². The highest BCUT2D eigenvalue weighted by Gasteiger charge is 2.29. The molecule has 4 aromatic rings. The number of rotatable bonds is 2. The number of aromatic hydroxyl groups is 1. The van der Waals surface area contributed by atoms with E-state index in [0.29, 0.717) is 32.4 Å². The monoisotopic (exact) mass is 476 g/mol. The number of hydrogen-bond acceptors (Lipinski definition) is 8. The van der Waals surface area contributed by atoms with Crippen LogP contribution >= 0.6 is 59.1 Å². The van der Waals surface area contributed by atoms with Crippen molar-refractivity contribution in [2.75, 3.05) is 0 Å². The molecule has 0 radical (unpaired) electrons. The average Bonchev–Trinajstić information content (AvgIpc) is 2.59. The highest BCUT2D eigenvalue weighted by molar-refractivity contribution is 7.80. The predicted octanol–water partition coefficient (Wildman–Crippen LogP) is 6.93. The molecule has 0 saturated carbocycles. The van der Waals surface area contributed by atoms with E-state index >= 15 is 0 Å². The number of fused-ring (bicyclic) bond motifs is 1. The molecule has 5 rings (SSSR count). The molecule has 0 amide bonds. The Morgan fingerprint density at radius 1 is 0.655 bits per heavy atom. The number of phenolic OH excluding ortho intramolecular Hbond substituents is 1. The first kappa shape index (κ1) is 19.4. The fraction of sp³-hybridized carbons (Fsp3) is 0. The van der Waals surface area contributed by atoms with Crippen LogP contribution in [0.5, 0.6) is 23.0 Å². The SMILES string of the molecule is Oc1cc(S)cc2cc(S)cc(OP3Oc4cc(S)cc5cc(S)cc(c45)O3)c12. The number of thiol groups is 4. The lowest BCUT2D eigenvalue weighted by Crippen LogP contribution is -2.07. The molecule has 0 atom stereocenters. The second kappa shape index (κ2) is 7.29. The van der Waals surface area contributed by atoms with Gasteiger partial charge in [0.2, 0.25) is 0 Å². The Morgan fingerprint density at radius 2 is 1.14 bits per heavy atom. The average molecular weight is 477 g/mol. The molecule has 0 spiro atoms. The summed E-state index contributed by atoms with van der Waals surface area (Å²) in [6.45, 7) is 0. The summed E-state index contributed by atoms with van der Waals surface area (Å²) < 4.78 is 18.1. The molecule has 0 aliphatic carbocycles. The topological polar surface area (TPSA) is 47.9 Å². The normalized spacial score (nSPS) is 13.4. The van der Waals surface area contributed by atoms with Gasteiger partial charge >= 0.3 is 8.60 Å². The van der Waals surface area contributed by atoms with Crippen molar-refractivity contribution in [1.29, 1.82) is 0 Å². The Kier molecular flexibility index (Phi) is 4.87. The van der Waals surface area contributed by atoms with Crippen molar-refractivity contribution in [1.82, 2.24) is 0 Å². The summed E-state index contributed by atoms with van der Waals surface area (Å²) in [6, 6.07) is 14.4. The maximum atomic E-state index is 10.5. The molecule has 0 fully saturated rings. The molecule has 0 saturated heterocycles. The van der Waals surface area contributed by atoms with E-state index in [1.807, 2.05) is 36.4 Å². The minimum absolute atomic E-state index is 0.0561. The van der Waals surface area contributed by atoms with E-state index in [1.54, 1.807) is 12.1 Å². The van der Waals surface area contributed by atoms with E-state index in [1.165, 1.54) is 0 Å². The maximum Gasteiger partial charge on any atom is 0.530 e. The van der Waals surface area contributed by atoms with E-state index in [9.17, 15) is 5.11 Å². The van der Waals surface area contributed by atoms with Crippen LogP contribution in [0.2, 0.25) is 0 Å². The van der Waals surface area contributed by atoms with Gasteiger partial charge in [-0.2, -0.15) is 0 Å². The minimum atomic E-state index is -1.82. The summed E-state index contributed by atoms with van der Waals surface area (Å²) in [6.07, 6.45) is 0. The van der Waals surface area contributed by atoms with Crippen molar-refractivity contribution in [2.45, 2.75) is 19.6 Å². The third-order valence-electron chi connectivity index (χ3n) is 4.43. The zero-order chi connectivity index (χ0) is 20.3. The third kappa shape index (κ3) is 3.57. The van der Waals surface area contributed by atoms with Crippen LogP contribution in [0.1, 0.15) is 0 Å². The lowest BCUT2D eigenvalue weighted by Gasteiger charge is -2.25. The number of benzene rings is 4. The smallest absolute Gasteiger partial charge is 0.507 e. The van der Waals surface area contributed by atoms with Gasteiger partial charge in [0.25, 0.3) is 0 Å². The van der Waals surface area contributed by atoms with Crippen molar-refractivity contribution >= 4 is 80.7 Å². The van der Waals surface area contributed by atoms with Gasteiger partial charge in [-0.25, -0.2) is 0 Å². The van der Waals surface area contributed by atoms with Gasteiger partial charge in [-0.05, 0) is 59.3 Å². The molecule has 4 nitrogen and oxygen atoms in total. The maximum absolute atomic E-state index is 10.5. The first-order chi connectivity index (χ1) is 13.9. The molecule has 1 N–H and O–H groups in total. The van der Waals surface area contributed by atoms with Crippen LogP contribution < -0.4 is 13.6 Å². The van der Waals surface area contributed by atoms with E-state index in [-0.39, 0.29) is 5.75 Å². The van der Waals surface area contributed by atoms with Gasteiger partial charge in [-0.3, -0.25) is 0 Å². The first-order valence-electron chi connectivity index (χ1n) is 8.40. The highest BCUT2D eigenvalue weighted by atomic mass is 32.1. The van der Waals surface area contributed by atoms with Crippen LogP contribution in [-0.2, 0) is 0 Å². The van der Waals surface area contributed by atoms with Crippen LogP contribution in [-0.4, -0.2) is 5.11 Å². The van der Waals surface area contributed by atoms with Crippen LogP contribution in [0.15, 0.2) is 68.1 Å². The van der Waals surface area contributed by atoms with Crippen molar-refractivity contribution in [3.05, 3.63) is 48.5 Å². The summed E-state index contributed by atoms with van der Waals surface area (Å²) in [5, 5.41) is 13.5. The van der Waals surface area contributed by atoms with Crippen molar-refractivity contribution in [3.63, 3.8) is 0 Å². The van der Waals surface area contributed by atoms with Gasteiger partial charge < -0.3 is 18.7 Å². The Labute approximate surface area is 189 Å². The second-order valence-corrected chi connectivity index (χ2v) is 9.55. The molecule has 1 aliphatic heterocycles. The summed E-state index contributed by atoms with van der Waals surface area (Å²) in [5.74, 6) is 1.72. The van der Waals surface area contributed by atoms with Gasteiger partial charge in [-0.15, -0.1) is 50.5 Å². The standard InChI is InChI=1S/C20H13O4PS4/c21-15-5-11(26)1-9-2-12(27)6-16(19(9)15)22-25-23-17-7-13(28)3-10-4-14(29)8-18(24-25)20(10)17/h1-8,21,26-29H. The molecule has 4 aromatic carbocycles. The fourth-order valence-corrected chi connectivity index (χ4v) is 5.40. The van der Waals surface area contributed by atoms with E-state index in [2.05, 4.69) is 50.5 Å². The first-order valence-corrected chi connectivity index (χ1v) is 11.3. The van der Waals surface area contributed by atoms with E-state index in [0.717, 1.165) is 25.9 Å². The molecule has 146 valence electrons. The van der Waals surface area contributed by atoms with Gasteiger partial charge in [0.1, 0.15) is 23.0 Å². The Morgan fingerprint density at radius 3 is 1.72 bits per heavy atom. The summed E-state index contributed by atoms with van der Waals surface area (Å²) in [5.41, 5.74) is 0. The molecule has 0 aromatic heterocycles. The fourth-order valence-electron chi connectivity index (χ4n) is 3.34. The molecule has 0 bridgehead atoms. The molecule has 1 heterocycles. The van der Waals surface area contributed by atoms with Crippen molar-refractivity contribution < 1.29 is 18.7 Å². The zero-order valence-electron chi connectivity index (χ0n) is 14.5. The second-order valence-electron chi connectivity index (χ2n) is 6.49. The summed E-state index contributed by atoms with van der Waals surface area (Å²) in [7, 11) is -1.82. The zero-order valence-corrected chi connectivity index (χ0v) is 19.0. The van der Waals surface area contributed by atoms with Crippen molar-refractivity contribution in [3.8, 4) is 23.0 Å². The predicted molar refractivity (Wildman–Crippen MR) is 127 cm³/mol. The number of hydrogen-bond donors (Lipinski definition) is 5. The highest BCUT2D eigenvalue weighted by Crippen LogP contribution is 2.54. The Hall–Kier alpha value is -1.57. The Bertz CT molecular complexity index is 1260. The molecular weight excluding hydrogens is 463 g/mol. The quantitative estimate of drug-likeness (QED) is 0.161. The molecular formula is C20H13O4PS4.